The standard InChI is InChI=1S/C23H27N3O5/c27-17-14-26(15-17)21(28)16-25-12-5-1-2-6-13-30-19-9-3-4-10-20(19)31-22-18(23(25)29)8-7-11-24-22/h3-4,7-11,17,27H,1-2,5-6,12-16H2. The number of aliphatic hydroxyl groups is 1. The van der Waals surface area contributed by atoms with E-state index >= 15 is 0 Å². The van der Waals surface area contributed by atoms with Gasteiger partial charge in [0.2, 0.25) is 11.8 Å². The molecule has 31 heavy (non-hydrogen) atoms. The third-order valence-electron chi connectivity index (χ3n) is 5.47. The first-order valence-corrected chi connectivity index (χ1v) is 10.7. The number of carbonyl (C=O) groups excluding carboxylic acids is 2. The smallest absolute Gasteiger partial charge is 0.259 e. The van der Waals surface area contributed by atoms with Gasteiger partial charge in [0.1, 0.15) is 12.1 Å². The average molecular weight is 425 g/mol. The summed E-state index contributed by atoms with van der Waals surface area (Å²) < 4.78 is 11.9. The number of fused-ring (bicyclic) bond motifs is 2. The number of aromatic nitrogens is 1. The van der Waals surface area contributed by atoms with Gasteiger partial charge in [-0.15, -0.1) is 0 Å². The molecule has 0 aliphatic carbocycles. The lowest BCUT2D eigenvalue weighted by Crippen LogP contribution is -2.56. The van der Waals surface area contributed by atoms with Crippen LogP contribution in [0.25, 0.3) is 0 Å². The summed E-state index contributed by atoms with van der Waals surface area (Å²) in [4.78, 5) is 33.4. The highest BCUT2D eigenvalue weighted by Crippen LogP contribution is 2.32. The molecule has 1 N–H and O–H groups in total. The predicted molar refractivity (Wildman–Crippen MR) is 113 cm³/mol. The minimum atomic E-state index is -0.473. The highest BCUT2D eigenvalue weighted by Gasteiger charge is 2.31. The summed E-state index contributed by atoms with van der Waals surface area (Å²) in [7, 11) is 0. The molecule has 8 heteroatoms. The molecule has 0 bridgehead atoms. The van der Waals surface area contributed by atoms with E-state index in [0.29, 0.717) is 43.3 Å². The molecular formula is C23H27N3O5. The van der Waals surface area contributed by atoms with Crippen molar-refractivity contribution in [3.63, 3.8) is 0 Å². The number of para-hydroxylation sites is 2. The third-order valence-corrected chi connectivity index (χ3v) is 5.47. The van der Waals surface area contributed by atoms with Gasteiger partial charge in [-0.3, -0.25) is 9.59 Å². The SMILES string of the molecule is O=C(CN1CCCCCCOc2ccccc2Oc2ncccc2C1=O)N1CC(O)C1. The van der Waals surface area contributed by atoms with E-state index in [-0.39, 0.29) is 24.2 Å². The fraction of sp³-hybridized carbons (Fsp3) is 0.435. The van der Waals surface area contributed by atoms with Crippen molar-refractivity contribution in [2.24, 2.45) is 0 Å². The molecule has 0 saturated carbocycles. The van der Waals surface area contributed by atoms with E-state index in [0.717, 1.165) is 25.7 Å². The van der Waals surface area contributed by atoms with Crippen LogP contribution in [0.2, 0.25) is 0 Å². The zero-order valence-electron chi connectivity index (χ0n) is 17.4. The molecule has 1 aromatic carbocycles. The molecule has 0 radical (unpaired) electrons. The van der Waals surface area contributed by atoms with Crippen LogP contribution in [0.4, 0.5) is 0 Å². The molecule has 1 aromatic heterocycles. The Hall–Kier alpha value is -3.13. The first-order valence-electron chi connectivity index (χ1n) is 10.7. The summed E-state index contributed by atoms with van der Waals surface area (Å²) in [6, 6.07) is 10.7. The summed E-state index contributed by atoms with van der Waals surface area (Å²) in [6.45, 7) is 1.65. The average Bonchev–Trinajstić information content (AvgIpc) is 2.76. The van der Waals surface area contributed by atoms with Crippen LogP contribution in [0.1, 0.15) is 36.0 Å². The molecule has 0 unspecified atom stereocenters. The van der Waals surface area contributed by atoms with Crippen LogP contribution in [0, 0.1) is 0 Å². The van der Waals surface area contributed by atoms with Gasteiger partial charge in [0.05, 0.1) is 12.7 Å². The molecule has 1 fully saturated rings. The van der Waals surface area contributed by atoms with E-state index < -0.39 is 6.10 Å². The number of hydrogen-bond donors (Lipinski definition) is 1. The van der Waals surface area contributed by atoms with Crippen LogP contribution < -0.4 is 9.47 Å². The molecule has 4 rings (SSSR count). The summed E-state index contributed by atoms with van der Waals surface area (Å²) >= 11 is 0. The topological polar surface area (TPSA) is 92.2 Å². The number of hydrogen-bond acceptors (Lipinski definition) is 6. The van der Waals surface area contributed by atoms with Crippen molar-refractivity contribution >= 4 is 11.8 Å². The number of nitrogens with zero attached hydrogens (tertiary/aromatic N) is 3. The molecule has 164 valence electrons. The van der Waals surface area contributed by atoms with E-state index in [9.17, 15) is 14.7 Å². The molecule has 2 aliphatic heterocycles. The predicted octanol–water partition coefficient (Wildman–Crippen LogP) is 2.47. The van der Waals surface area contributed by atoms with Crippen LogP contribution in [-0.4, -0.2) is 70.6 Å². The zero-order chi connectivity index (χ0) is 21.6. The van der Waals surface area contributed by atoms with Gasteiger partial charge in [0.15, 0.2) is 11.5 Å². The van der Waals surface area contributed by atoms with Gasteiger partial charge in [-0.1, -0.05) is 25.0 Å². The van der Waals surface area contributed by atoms with Crippen LogP contribution in [0.5, 0.6) is 17.4 Å². The molecule has 1 saturated heterocycles. The summed E-state index contributed by atoms with van der Waals surface area (Å²) in [5.74, 6) is 0.812. The number of pyridine rings is 1. The molecule has 2 aromatic rings. The second-order valence-corrected chi connectivity index (χ2v) is 7.85. The summed E-state index contributed by atoms with van der Waals surface area (Å²) in [5.41, 5.74) is 0.297. The maximum atomic E-state index is 13.4. The summed E-state index contributed by atoms with van der Waals surface area (Å²) in [5, 5.41) is 9.48. The van der Waals surface area contributed by atoms with Crippen LogP contribution in [0.15, 0.2) is 42.6 Å². The van der Waals surface area contributed by atoms with Crippen molar-refractivity contribution < 1.29 is 24.2 Å². The first kappa shape index (κ1) is 21.1. The van der Waals surface area contributed by atoms with Gasteiger partial charge in [0, 0.05) is 25.8 Å². The molecule has 0 spiro atoms. The van der Waals surface area contributed by atoms with Gasteiger partial charge < -0.3 is 24.4 Å². The second kappa shape index (κ2) is 9.78. The van der Waals surface area contributed by atoms with E-state index in [2.05, 4.69) is 4.98 Å². The van der Waals surface area contributed by atoms with E-state index in [4.69, 9.17) is 9.47 Å². The molecule has 3 heterocycles. The lowest BCUT2D eigenvalue weighted by Gasteiger charge is -2.37. The molecule has 8 nitrogen and oxygen atoms in total. The van der Waals surface area contributed by atoms with Gasteiger partial charge in [-0.05, 0) is 37.1 Å². The van der Waals surface area contributed by atoms with Crippen molar-refractivity contribution in [2.45, 2.75) is 31.8 Å². The summed E-state index contributed by atoms with van der Waals surface area (Å²) in [6.07, 6.45) is 4.67. The Bertz CT molecular complexity index is 929. The maximum absolute atomic E-state index is 13.4. The Morgan fingerprint density at radius 2 is 1.84 bits per heavy atom. The molecule has 2 amide bonds. The Kier molecular flexibility index (Phi) is 6.66. The number of benzene rings is 1. The van der Waals surface area contributed by atoms with Crippen LogP contribution in [-0.2, 0) is 4.79 Å². The van der Waals surface area contributed by atoms with E-state index in [1.807, 2.05) is 18.2 Å². The van der Waals surface area contributed by atoms with Crippen molar-refractivity contribution in [3.8, 4) is 17.4 Å². The van der Waals surface area contributed by atoms with Crippen molar-refractivity contribution in [2.75, 3.05) is 32.8 Å². The number of ether oxygens (including phenoxy) is 2. The van der Waals surface area contributed by atoms with Crippen molar-refractivity contribution in [1.29, 1.82) is 0 Å². The lowest BCUT2D eigenvalue weighted by molar-refractivity contribution is -0.141. The minimum absolute atomic E-state index is 0.0282. The maximum Gasteiger partial charge on any atom is 0.259 e. The van der Waals surface area contributed by atoms with Crippen molar-refractivity contribution in [1.82, 2.24) is 14.8 Å². The normalized spacial score (nSPS) is 18.0. The van der Waals surface area contributed by atoms with Crippen LogP contribution in [0.3, 0.4) is 0 Å². The van der Waals surface area contributed by atoms with Gasteiger partial charge in [-0.25, -0.2) is 4.98 Å². The zero-order valence-corrected chi connectivity index (χ0v) is 17.4. The van der Waals surface area contributed by atoms with E-state index in [1.165, 1.54) is 0 Å². The Morgan fingerprint density at radius 1 is 1.06 bits per heavy atom. The molecular weight excluding hydrogens is 398 g/mol. The monoisotopic (exact) mass is 425 g/mol. The highest BCUT2D eigenvalue weighted by molar-refractivity contribution is 5.98. The lowest BCUT2D eigenvalue weighted by atomic mass is 10.1. The van der Waals surface area contributed by atoms with E-state index in [1.54, 1.807) is 34.2 Å². The number of carbonyl (C=O) groups is 2. The number of aliphatic hydroxyl groups excluding tert-OH is 1. The van der Waals surface area contributed by atoms with Crippen LogP contribution >= 0.6 is 0 Å². The highest BCUT2D eigenvalue weighted by atomic mass is 16.5. The number of likely N-dealkylation sites (tertiary alicyclic amines) is 1. The number of amides is 2. The minimum Gasteiger partial charge on any atom is -0.490 e. The second-order valence-electron chi connectivity index (χ2n) is 7.85. The van der Waals surface area contributed by atoms with Gasteiger partial charge >= 0.3 is 0 Å². The fourth-order valence-corrected chi connectivity index (χ4v) is 3.68. The largest absolute Gasteiger partial charge is 0.490 e. The third kappa shape index (κ3) is 5.14. The first-order chi connectivity index (χ1) is 15.1. The fourth-order valence-electron chi connectivity index (χ4n) is 3.68. The Balaban J connectivity index is 1.60. The molecule has 2 aliphatic rings. The molecule has 0 atom stereocenters. The Morgan fingerprint density at radius 3 is 2.65 bits per heavy atom. The van der Waals surface area contributed by atoms with Crippen molar-refractivity contribution in [3.05, 3.63) is 48.2 Å². The number of rotatable bonds is 2. The van der Waals surface area contributed by atoms with Gasteiger partial charge in [0.25, 0.3) is 5.91 Å². The van der Waals surface area contributed by atoms with Gasteiger partial charge in [-0.2, -0.15) is 0 Å². The number of β-amino-alcohol motifs (C(OH)–C–C–N with tert-alkyl or cyclic N) is 1. The quantitative estimate of drug-likeness (QED) is 0.795. The Labute approximate surface area is 181 Å².